The number of halogens is 2. The van der Waals surface area contributed by atoms with E-state index in [1.165, 1.54) is 34.0 Å². The summed E-state index contributed by atoms with van der Waals surface area (Å²) in [7, 11) is 3.11. The molecule has 0 bridgehead atoms. The van der Waals surface area contributed by atoms with Crippen molar-refractivity contribution in [2.45, 2.75) is 45.4 Å². The van der Waals surface area contributed by atoms with Gasteiger partial charge in [-0.1, -0.05) is 18.2 Å². The molecule has 37 heavy (non-hydrogen) atoms. The molecular weight excluding hydrogens is 582 g/mol. The molecule has 1 amide bonds. The number of amides is 1. The fraction of sp³-hybridized carbons (Fsp3) is 0.333. The van der Waals surface area contributed by atoms with E-state index in [1.54, 1.807) is 14.1 Å². The van der Waals surface area contributed by atoms with Gasteiger partial charge < -0.3 is 38.4 Å². The minimum Gasteiger partial charge on any atom is -1.00 e. The molecule has 1 aliphatic carbocycles. The predicted octanol–water partition coefficient (Wildman–Crippen LogP) is 3.76. The van der Waals surface area contributed by atoms with Crippen molar-refractivity contribution in [1.29, 1.82) is 0 Å². The van der Waals surface area contributed by atoms with Crippen LogP contribution >= 0.6 is 0 Å². The second kappa shape index (κ2) is 10.4. The quantitative estimate of drug-likeness (QED) is 0.390. The number of nitrogens with zero attached hydrogens (tertiary/aromatic N) is 2. The summed E-state index contributed by atoms with van der Waals surface area (Å²) in [6.07, 6.45) is 8.53. The summed E-state index contributed by atoms with van der Waals surface area (Å²) in [5, 5.41) is 0. The summed E-state index contributed by atoms with van der Waals surface area (Å²) >= 11 is 0. The van der Waals surface area contributed by atoms with Crippen molar-refractivity contribution in [3.05, 3.63) is 82.4 Å². The summed E-state index contributed by atoms with van der Waals surface area (Å²) < 4.78 is 28.6. The zero-order valence-corrected chi connectivity index (χ0v) is 24.1. The van der Waals surface area contributed by atoms with Crippen molar-refractivity contribution in [3.63, 3.8) is 0 Å². The highest BCUT2D eigenvalue weighted by Crippen LogP contribution is 2.43. The van der Waals surface area contributed by atoms with Crippen LogP contribution in [0.25, 0.3) is 6.08 Å². The molecule has 0 saturated heterocycles. The number of rotatable bonds is 4. The van der Waals surface area contributed by atoms with Gasteiger partial charge in [-0.05, 0) is 69.4 Å². The maximum absolute atomic E-state index is 14.6. The lowest BCUT2D eigenvalue weighted by molar-refractivity contribution is -0.433. The summed E-state index contributed by atoms with van der Waals surface area (Å²) in [6, 6.07) is 11.4. The number of fused-ring (bicyclic) bond motifs is 3. The Morgan fingerprint density at radius 1 is 1.19 bits per heavy atom. The summed E-state index contributed by atoms with van der Waals surface area (Å²) in [6.45, 7) is 7.60. The molecule has 2 aromatic carbocycles. The molecule has 0 fully saturated rings. The number of hydrogen-bond donors (Lipinski definition) is 0. The van der Waals surface area contributed by atoms with Crippen LogP contribution in [0.5, 0.6) is 11.5 Å². The lowest BCUT2D eigenvalue weighted by atomic mass is 9.81. The molecular formula is C30H32FIN2O3. The van der Waals surface area contributed by atoms with E-state index in [4.69, 9.17) is 9.47 Å². The standard InChI is InChI=1S/C30H32FN2O3.HI/c1-6-33-24-13-8-7-12-22(24)30(2,3)27(33)15-14-19-10-9-11-20-16-21-17-23(31)26(36-29(34)32(4)5)18-25(21)35-28(19)20;/h7-8,12-18H,6,9-11H2,1-5H3;1H/q+1;/p-1/b15-14+;. The normalized spacial score (nSPS) is 17.4. The van der Waals surface area contributed by atoms with E-state index in [0.29, 0.717) is 11.3 Å². The van der Waals surface area contributed by atoms with Gasteiger partial charge in [0.1, 0.15) is 18.1 Å². The van der Waals surface area contributed by atoms with E-state index in [-0.39, 0.29) is 35.1 Å². The smallest absolute Gasteiger partial charge is 0.414 e. The maximum atomic E-state index is 14.6. The average Bonchev–Trinajstić information content (AvgIpc) is 3.07. The Balaban J connectivity index is 0.00000320. The van der Waals surface area contributed by atoms with Crippen LogP contribution < -0.4 is 33.5 Å². The third-order valence-electron chi connectivity index (χ3n) is 7.20. The minimum atomic E-state index is -0.640. The van der Waals surface area contributed by atoms with E-state index >= 15 is 0 Å². The molecule has 0 saturated carbocycles. The van der Waals surface area contributed by atoms with Gasteiger partial charge in [-0.3, -0.25) is 0 Å². The highest BCUT2D eigenvalue weighted by Gasteiger charge is 2.43. The second-order valence-electron chi connectivity index (χ2n) is 10.2. The van der Waals surface area contributed by atoms with Gasteiger partial charge in [0.2, 0.25) is 5.69 Å². The number of para-hydroxylation sites is 1. The number of hydrogen-bond acceptors (Lipinski definition) is 3. The van der Waals surface area contributed by atoms with E-state index in [1.807, 2.05) is 6.08 Å². The van der Waals surface area contributed by atoms with E-state index in [0.717, 1.165) is 42.7 Å². The van der Waals surface area contributed by atoms with Gasteiger partial charge in [-0.2, -0.15) is 4.58 Å². The molecule has 194 valence electrons. The third kappa shape index (κ3) is 4.85. The molecule has 5 nitrogen and oxygen atoms in total. The van der Waals surface area contributed by atoms with Crippen LogP contribution in [0.4, 0.5) is 14.9 Å². The zero-order chi connectivity index (χ0) is 25.6. The van der Waals surface area contributed by atoms with E-state index in [9.17, 15) is 9.18 Å². The molecule has 0 aromatic heterocycles. The third-order valence-corrected chi connectivity index (χ3v) is 7.20. The largest absolute Gasteiger partial charge is 1.00 e. The highest BCUT2D eigenvalue weighted by molar-refractivity contribution is 6.03. The van der Waals surface area contributed by atoms with Gasteiger partial charge in [0.05, 0.1) is 5.41 Å². The summed E-state index contributed by atoms with van der Waals surface area (Å²) in [5.41, 5.74) is 6.58. The zero-order valence-electron chi connectivity index (χ0n) is 21.9. The Kier molecular flexibility index (Phi) is 7.65. The van der Waals surface area contributed by atoms with Crippen LogP contribution in [0, 0.1) is 5.82 Å². The lowest BCUT2D eigenvalue weighted by Gasteiger charge is -2.27. The van der Waals surface area contributed by atoms with Gasteiger partial charge in [0.25, 0.3) is 0 Å². The second-order valence-corrected chi connectivity index (χ2v) is 10.2. The van der Waals surface area contributed by atoms with Crippen LogP contribution in [-0.4, -0.2) is 41.9 Å². The monoisotopic (exact) mass is 614 g/mol. The number of carbonyl (C=O) groups is 1. The molecule has 0 radical (unpaired) electrons. The molecule has 2 aromatic rings. The Labute approximate surface area is 235 Å². The van der Waals surface area contributed by atoms with Crippen molar-refractivity contribution in [2.24, 2.45) is 0 Å². The van der Waals surface area contributed by atoms with Crippen LogP contribution in [-0.2, 0) is 5.41 Å². The maximum Gasteiger partial charge on any atom is 0.414 e. The van der Waals surface area contributed by atoms with Crippen LogP contribution in [0.3, 0.4) is 0 Å². The van der Waals surface area contributed by atoms with Crippen LogP contribution in [0.15, 0.2) is 65.5 Å². The number of benzene rings is 2. The molecule has 0 unspecified atom stereocenters. The fourth-order valence-electron chi connectivity index (χ4n) is 5.30. The number of allylic oxidation sites excluding steroid dienone is 4. The van der Waals surface area contributed by atoms with Crippen molar-refractivity contribution in [2.75, 3.05) is 20.6 Å². The topological polar surface area (TPSA) is 41.8 Å². The molecule has 0 N–H and O–H groups in total. The van der Waals surface area contributed by atoms with Gasteiger partial charge in [0.15, 0.2) is 17.3 Å². The van der Waals surface area contributed by atoms with Crippen molar-refractivity contribution in [3.8, 4) is 11.5 Å². The summed E-state index contributed by atoms with van der Waals surface area (Å²) in [4.78, 5) is 13.2. The molecule has 0 spiro atoms. The van der Waals surface area contributed by atoms with Gasteiger partial charge in [0, 0.05) is 43.4 Å². The Morgan fingerprint density at radius 2 is 1.95 bits per heavy atom. The molecule has 2 heterocycles. The minimum absolute atomic E-state index is 0. The highest BCUT2D eigenvalue weighted by atomic mass is 127. The van der Waals surface area contributed by atoms with Gasteiger partial charge in [-0.25, -0.2) is 9.18 Å². The predicted molar refractivity (Wildman–Crippen MR) is 140 cm³/mol. The Hall–Kier alpha value is -2.94. The van der Waals surface area contributed by atoms with Crippen molar-refractivity contribution >= 4 is 23.6 Å². The first-order valence-electron chi connectivity index (χ1n) is 12.5. The first-order valence-corrected chi connectivity index (χ1v) is 12.5. The van der Waals surface area contributed by atoms with E-state index in [2.05, 4.69) is 61.8 Å². The summed E-state index contributed by atoms with van der Waals surface area (Å²) in [5.74, 6) is 0.573. The Morgan fingerprint density at radius 3 is 2.68 bits per heavy atom. The fourth-order valence-corrected chi connectivity index (χ4v) is 5.30. The first-order chi connectivity index (χ1) is 17.2. The van der Waals surface area contributed by atoms with Crippen molar-refractivity contribution in [1.82, 2.24) is 4.90 Å². The molecule has 7 heteroatoms. The Bertz CT molecular complexity index is 1390. The molecule has 0 atom stereocenters. The number of carbonyl (C=O) groups excluding carboxylic acids is 1. The average molecular weight is 614 g/mol. The SMILES string of the molecule is CC[N+]1=C(/C=C/C2=C3Oc4cc(OC(=O)N(C)C)c(F)cc4C=C3CCC2)C(C)(C)c2ccccc21.[I-]. The van der Waals surface area contributed by atoms with Crippen LogP contribution in [0.2, 0.25) is 0 Å². The molecule has 2 aliphatic heterocycles. The number of ether oxygens (including phenoxy) is 2. The van der Waals surface area contributed by atoms with Gasteiger partial charge >= 0.3 is 6.09 Å². The molecule has 5 rings (SSSR count). The van der Waals surface area contributed by atoms with E-state index < -0.39 is 11.9 Å². The van der Waals surface area contributed by atoms with Crippen molar-refractivity contribution < 1.29 is 47.2 Å². The van der Waals surface area contributed by atoms with Gasteiger partial charge in [-0.15, -0.1) is 0 Å². The first kappa shape index (κ1) is 27.1. The molecule has 3 aliphatic rings. The van der Waals surface area contributed by atoms with Crippen LogP contribution in [0.1, 0.15) is 51.2 Å². The lowest BCUT2D eigenvalue weighted by Crippen LogP contribution is -3.00.